The van der Waals surface area contributed by atoms with E-state index in [4.69, 9.17) is 0 Å². The number of amides is 2. The minimum atomic E-state index is -0.451. The maximum absolute atomic E-state index is 12.5. The Labute approximate surface area is 140 Å². The quantitative estimate of drug-likeness (QED) is 0.584. The fraction of sp³-hybridized carbons (Fsp3) is 0.500. The summed E-state index contributed by atoms with van der Waals surface area (Å²) in [7, 11) is 3.47. The molecule has 2 amide bonds. The van der Waals surface area contributed by atoms with Gasteiger partial charge in [-0.2, -0.15) is 0 Å². The highest BCUT2D eigenvalue weighted by atomic mass is 16.6. The van der Waals surface area contributed by atoms with Gasteiger partial charge in [0, 0.05) is 31.3 Å². The summed E-state index contributed by atoms with van der Waals surface area (Å²) in [6, 6.07) is 4.44. The minimum absolute atomic E-state index is 0.0167. The molecule has 1 aliphatic heterocycles. The fourth-order valence-electron chi connectivity index (χ4n) is 2.75. The smallest absolute Gasteiger partial charge is 0.277 e. The number of hydrogen-bond donors (Lipinski definition) is 1. The number of carbonyl (C=O) groups excluding carboxylic acids is 2. The van der Waals surface area contributed by atoms with Crippen LogP contribution < -0.4 is 4.90 Å². The lowest BCUT2D eigenvalue weighted by atomic mass is 10.1. The van der Waals surface area contributed by atoms with Crippen molar-refractivity contribution >= 4 is 17.5 Å². The minimum Gasteiger partial charge on any atom is -0.344 e. The van der Waals surface area contributed by atoms with Gasteiger partial charge in [-0.1, -0.05) is 0 Å². The van der Waals surface area contributed by atoms with E-state index in [1.54, 1.807) is 36.9 Å². The Kier molecular flexibility index (Phi) is 5.50. The Balaban J connectivity index is 1.97. The monoisotopic (exact) mass is 335 g/mol. The van der Waals surface area contributed by atoms with Gasteiger partial charge < -0.3 is 14.7 Å². The number of nitrogens with zero attached hydrogens (tertiary/aromatic N) is 3. The second-order valence-electron chi connectivity index (χ2n) is 6.27. The lowest BCUT2D eigenvalue weighted by Gasteiger charge is -2.32. The molecule has 1 saturated heterocycles. The number of hydrogen-bond acceptors (Lipinski definition) is 4. The average molecular weight is 335 g/mol. The van der Waals surface area contributed by atoms with Crippen LogP contribution in [0.1, 0.15) is 15.9 Å². The standard InChI is InChI=1S/C16H22N4O4/c1-12-10-13(4-5-14(12)20(23)24)16(22)19-8-6-18(7-9-19)11-15(21)17(2)3/h4-5,10H,6-9,11H2,1-3H3/p+1. The molecule has 24 heavy (non-hydrogen) atoms. The number of piperazine rings is 1. The Morgan fingerprint density at radius 2 is 1.92 bits per heavy atom. The molecule has 0 aliphatic carbocycles. The SMILES string of the molecule is Cc1cc(C(=O)N2CC[NH+](CC(=O)N(C)C)CC2)ccc1[N+](=O)[O-]. The van der Waals surface area contributed by atoms with Crippen LogP contribution in [0.15, 0.2) is 18.2 Å². The number of rotatable bonds is 4. The van der Waals surface area contributed by atoms with Crippen LogP contribution in [0.25, 0.3) is 0 Å². The predicted molar refractivity (Wildman–Crippen MR) is 88.0 cm³/mol. The van der Waals surface area contributed by atoms with Crippen molar-refractivity contribution in [2.24, 2.45) is 0 Å². The molecule has 1 fully saturated rings. The average Bonchev–Trinajstić information content (AvgIpc) is 2.54. The summed E-state index contributed by atoms with van der Waals surface area (Å²) in [5.41, 5.74) is 0.959. The second kappa shape index (κ2) is 7.39. The van der Waals surface area contributed by atoms with Gasteiger partial charge in [0.2, 0.25) is 0 Å². The van der Waals surface area contributed by atoms with E-state index in [0.717, 1.165) is 18.0 Å². The molecule has 0 aromatic heterocycles. The van der Waals surface area contributed by atoms with Crippen molar-refractivity contribution < 1.29 is 19.4 Å². The molecule has 1 N–H and O–H groups in total. The molecule has 130 valence electrons. The largest absolute Gasteiger partial charge is 0.344 e. The third-order valence-corrected chi connectivity index (χ3v) is 4.30. The summed E-state index contributed by atoms with van der Waals surface area (Å²) < 4.78 is 0. The van der Waals surface area contributed by atoms with Gasteiger partial charge in [0.1, 0.15) is 0 Å². The molecule has 8 heteroatoms. The Hall–Kier alpha value is -2.48. The van der Waals surface area contributed by atoms with Gasteiger partial charge in [0.25, 0.3) is 17.5 Å². The van der Waals surface area contributed by atoms with E-state index in [2.05, 4.69) is 0 Å². The topological polar surface area (TPSA) is 88.2 Å². The molecule has 8 nitrogen and oxygen atoms in total. The van der Waals surface area contributed by atoms with E-state index >= 15 is 0 Å². The van der Waals surface area contributed by atoms with Crippen molar-refractivity contribution in [1.82, 2.24) is 9.80 Å². The van der Waals surface area contributed by atoms with Crippen LogP contribution in [0, 0.1) is 17.0 Å². The van der Waals surface area contributed by atoms with Gasteiger partial charge in [-0.05, 0) is 19.1 Å². The lowest BCUT2D eigenvalue weighted by molar-refractivity contribution is -0.896. The summed E-state index contributed by atoms with van der Waals surface area (Å²) in [4.78, 5) is 39.2. The van der Waals surface area contributed by atoms with Crippen LogP contribution in [0.5, 0.6) is 0 Å². The van der Waals surface area contributed by atoms with Crippen LogP contribution in [0.4, 0.5) is 5.69 Å². The first-order valence-corrected chi connectivity index (χ1v) is 7.87. The van der Waals surface area contributed by atoms with E-state index < -0.39 is 4.92 Å². The summed E-state index contributed by atoms with van der Waals surface area (Å²) in [6.45, 7) is 4.65. The Bertz CT molecular complexity index is 651. The molecular weight excluding hydrogens is 312 g/mol. The molecule has 0 radical (unpaired) electrons. The zero-order chi connectivity index (χ0) is 17.9. The number of carbonyl (C=O) groups is 2. The van der Waals surface area contributed by atoms with Crippen LogP contribution in [-0.4, -0.2) is 73.4 Å². The highest BCUT2D eigenvalue weighted by Crippen LogP contribution is 2.19. The molecule has 2 rings (SSSR count). The van der Waals surface area contributed by atoms with Gasteiger partial charge in [0.05, 0.1) is 31.1 Å². The molecule has 0 bridgehead atoms. The lowest BCUT2D eigenvalue weighted by Crippen LogP contribution is -3.15. The third kappa shape index (κ3) is 4.08. The number of aryl methyl sites for hydroxylation is 1. The van der Waals surface area contributed by atoms with E-state index in [9.17, 15) is 19.7 Å². The van der Waals surface area contributed by atoms with Gasteiger partial charge in [-0.3, -0.25) is 19.7 Å². The number of benzene rings is 1. The van der Waals surface area contributed by atoms with Crippen LogP contribution in [0.3, 0.4) is 0 Å². The molecule has 1 aromatic rings. The maximum Gasteiger partial charge on any atom is 0.277 e. The van der Waals surface area contributed by atoms with Crippen molar-refractivity contribution in [3.05, 3.63) is 39.4 Å². The van der Waals surface area contributed by atoms with E-state index in [1.807, 2.05) is 0 Å². The van der Waals surface area contributed by atoms with Crippen molar-refractivity contribution in [1.29, 1.82) is 0 Å². The first-order valence-electron chi connectivity index (χ1n) is 7.87. The first kappa shape index (κ1) is 17.9. The maximum atomic E-state index is 12.5. The number of likely N-dealkylation sites (N-methyl/N-ethyl adjacent to an activating group) is 1. The van der Waals surface area contributed by atoms with Gasteiger partial charge in [-0.15, -0.1) is 0 Å². The van der Waals surface area contributed by atoms with Crippen molar-refractivity contribution in [2.45, 2.75) is 6.92 Å². The van der Waals surface area contributed by atoms with Crippen molar-refractivity contribution in [3.63, 3.8) is 0 Å². The predicted octanol–water partition coefficient (Wildman–Crippen LogP) is -0.668. The third-order valence-electron chi connectivity index (χ3n) is 4.30. The van der Waals surface area contributed by atoms with Gasteiger partial charge in [-0.25, -0.2) is 0 Å². The first-order chi connectivity index (χ1) is 11.3. The zero-order valence-electron chi connectivity index (χ0n) is 14.2. The van der Waals surface area contributed by atoms with E-state index in [-0.39, 0.29) is 17.5 Å². The number of nitrogens with one attached hydrogen (secondary N) is 1. The molecule has 1 heterocycles. The highest BCUT2D eigenvalue weighted by molar-refractivity contribution is 5.94. The zero-order valence-corrected chi connectivity index (χ0v) is 14.2. The normalized spacial score (nSPS) is 15.2. The molecule has 1 aliphatic rings. The molecule has 1 aromatic carbocycles. The van der Waals surface area contributed by atoms with E-state index in [0.29, 0.717) is 30.8 Å². The van der Waals surface area contributed by atoms with E-state index in [1.165, 1.54) is 12.1 Å². The van der Waals surface area contributed by atoms with Crippen molar-refractivity contribution in [3.8, 4) is 0 Å². The van der Waals surface area contributed by atoms with Crippen LogP contribution >= 0.6 is 0 Å². The van der Waals surface area contributed by atoms with Crippen LogP contribution in [-0.2, 0) is 4.79 Å². The number of nitro groups is 1. The fourth-order valence-corrected chi connectivity index (χ4v) is 2.75. The molecule has 0 atom stereocenters. The summed E-state index contributed by atoms with van der Waals surface area (Å²) in [5, 5.41) is 10.9. The van der Waals surface area contributed by atoms with Gasteiger partial charge >= 0.3 is 0 Å². The number of quaternary nitrogens is 1. The molecule has 0 unspecified atom stereocenters. The molecule has 0 spiro atoms. The second-order valence-corrected chi connectivity index (χ2v) is 6.27. The summed E-state index contributed by atoms with van der Waals surface area (Å²) in [6.07, 6.45) is 0. The van der Waals surface area contributed by atoms with Crippen LogP contribution in [0.2, 0.25) is 0 Å². The molecular formula is C16H23N4O4+. The Morgan fingerprint density at radius 1 is 1.29 bits per heavy atom. The Morgan fingerprint density at radius 3 is 2.42 bits per heavy atom. The highest BCUT2D eigenvalue weighted by Gasteiger charge is 2.27. The number of nitro benzene ring substituents is 1. The summed E-state index contributed by atoms with van der Waals surface area (Å²) >= 11 is 0. The molecule has 0 saturated carbocycles. The summed E-state index contributed by atoms with van der Waals surface area (Å²) in [5.74, 6) is -0.0400. The van der Waals surface area contributed by atoms with Crippen molar-refractivity contribution in [2.75, 3.05) is 46.8 Å². The van der Waals surface area contributed by atoms with Gasteiger partial charge in [0.15, 0.2) is 6.54 Å².